The Labute approximate surface area is 100 Å². The zero-order valence-corrected chi connectivity index (χ0v) is 9.60. The summed E-state index contributed by atoms with van der Waals surface area (Å²) in [5.74, 6) is 0.659. The van der Waals surface area contributed by atoms with Gasteiger partial charge in [0.2, 0.25) is 5.91 Å². The molecule has 2 saturated heterocycles. The molecule has 2 aliphatic rings. The molecule has 0 radical (unpaired) electrons. The number of nitrogens with two attached hydrogens (primary N) is 1. The Balaban J connectivity index is 1.86. The Morgan fingerprint density at radius 3 is 2.94 bits per heavy atom. The predicted octanol–water partition coefficient (Wildman–Crippen LogP) is 0.521. The van der Waals surface area contributed by atoms with Gasteiger partial charge in [0.05, 0.1) is 11.9 Å². The van der Waals surface area contributed by atoms with Crippen LogP contribution in [0.15, 0.2) is 18.3 Å². The summed E-state index contributed by atoms with van der Waals surface area (Å²) in [6, 6.07) is 4.38. The smallest absolute Gasteiger partial charge is 0.228 e. The molecule has 2 fully saturated rings. The van der Waals surface area contributed by atoms with E-state index in [4.69, 9.17) is 5.73 Å². The van der Waals surface area contributed by atoms with Gasteiger partial charge in [-0.3, -0.25) is 4.79 Å². The molecule has 17 heavy (non-hydrogen) atoms. The maximum absolute atomic E-state index is 12.1. The lowest BCUT2D eigenvalue weighted by Crippen LogP contribution is -2.37. The van der Waals surface area contributed by atoms with Crippen molar-refractivity contribution < 1.29 is 4.79 Å². The molecular weight excluding hydrogens is 216 g/mol. The van der Waals surface area contributed by atoms with Crippen molar-refractivity contribution in [1.29, 1.82) is 0 Å². The van der Waals surface area contributed by atoms with Gasteiger partial charge in [0, 0.05) is 25.0 Å². The van der Waals surface area contributed by atoms with Crippen molar-refractivity contribution in [3.8, 4) is 0 Å². The topological polar surface area (TPSA) is 71.2 Å². The zero-order chi connectivity index (χ0) is 11.8. The third-order valence-electron chi connectivity index (χ3n) is 3.54. The number of rotatable bonds is 1. The normalized spacial score (nSPS) is 28.2. The predicted molar refractivity (Wildman–Crippen MR) is 65.6 cm³/mol. The second-order valence-electron chi connectivity index (χ2n) is 4.79. The van der Waals surface area contributed by atoms with Crippen molar-refractivity contribution in [2.24, 2.45) is 0 Å². The first-order valence-corrected chi connectivity index (χ1v) is 6.00. The van der Waals surface area contributed by atoms with Crippen molar-refractivity contribution in [1.82, 2.24) is 10.3 Å². The number of carbonyl (C=O) groups excluding carboxylic acids is 1. The average Bonchev–Trinajstić information content (AvgIpc) is 2.67. The number of fused-ring (bicyclic) bond motifs is 2. The van der Waals surface area contributed by atoms with Gasteiger partial charge < -0.3 is 16.0 Å². The minimum atomic E-state index is 0.177. The highest BCUT2D eigenvalue weighted by Gasteiger charge is 2.33. The van der Waals surface area contributed by atoms with Crippen LogP contribution >= 0.6 is 0 Å². The number of amides is 1. The van der Waals surface area contributed by atoms with E-state index in [0.29, 0.717) is 24.3 Å². The Morgan fingerprint density at radius 1 is 1.35 bits per heavy atom. The molecule has 3 N–H and O–H groups in total. The van der Waals surface area contributed by atoms with Gasteiger partial charge in [0.1, 0.15) is 5.82 Å². The summed E-state index contributed by atoms with van der Waals surface area (Å²) in [7, 11) is 0. The molecule has 0 aliphatic carbocycles. The van der Waals surface area contributed by atoms with Gasteiger partial charge in [-0.25, -0.2) is 4.98 Å². The zero-order valence-electron chi connectivity index (χ0n) is 9.60. The molecule has 0 unspecified atom stereocenters. The molecule has 5 heteroatoms. The molecule has 3 heterocycles. The molecule has 90 valence electrons. The van der Waals surface area contributed by atoms with Crippen LogP contribution in [-0.4, -0.2) is 29.5 Å². The summed E-state index contributed by atoms with van der Waals surface area (Å²) in [4.78, 5) is 18.0. The van der Waals surface area contributed by atoms with E-state index in [2.05, 4.69) is 10.3 Å². The lowest BCUT2D eigenvalue weighted by atomic mass is 10.1. The van der Waals surface area contributed by atoms with Gasteiger partial charge in [0.25, 0.3) is 0 Å². The number of carbonyl (C=O) groups is 1. The molecule has 1 aromatic heterocycles. The van der Waals surface area contributed by atoms with Crippen LogP contribution in [0.25, 0.3) is 0 Å². The number of nitrogen functional groups attached to an aromatic ring is 1. The molecule has 2 atom stereocenters. The van der Waals surface area contributed by atoms with Gasteiger partial charge in [0.15, 0.2) is 0 Å². The largest absolute Gasteiger partial charge is 0.384 e. The van der Waals surface area contributed by atoms with Crippen molar-refractivity contribution in [2.75, 3.05) is 17.2 Å². The summed E-state index contributed by atoms with van der Waals surface area (Å²) in [5.41, 5.74) is 6.40. The summed E-state index contributed by atoms with van der Waals surface area (Å²) in [6.07, 6.45) is 4.52. The molecule has 3 rings (SSSR count). The van der Waals surface area contributed by atoms with E-state index in [1.54, 1.807) is 12.3 Å². The van der Waals surface area contributed by atoms with Gasteiger partial charge in [-0.05, 0) is 25.0 Å². The van der Waals surface area contributed by atoms with E-state index in [0.717, 1.165) is 25.1 Å². The summed E-state index contributed by atoms with van der Waals surface area (Å²) >= 11 is 0. The molecular formula is C12H16N4O. The summed E-state index contributed by atoms with van der Waals surface area (Å²) < 4.78 is 0. The average molecular weight is 232 g/mol. The highest BCUT2D eigenvalue weighted by molar-refractivity contribution is 5.94. The lowest BCUT2D eigenvalue weighted by molar-refractivity contribution is -0.118. The number of nitrogens with zero attached hydrogens (tertiary/aromatic N) is 2. The van der Waals surface area contributed by atoms with Crippen molar-refractivity contribution in [3.05, 3.63) is 18.3 Å². The second kappa shape index (κ2) is 4.00. The van der Waals surface area contributed by atoms with Gasteiger partial charge in [-0.2, -0.15) is 0 Å². The molecule has 2 bridgehead atoms. The Morgan fingerprint density at radius 2 is 2.18 bits per heavy atom. The first-order valence-electron chi connectivity index (χ1n) is 6.00. The van der Waals surface area contributed by atoms with E-state index < -0.39 is 0 Å². The highest BCUT2D eigenvalue weighted by atomic mass is 16.2. The Hall–Kier alpha value is -1.62. The van der Waals surface area contributed by atoms with Crippen molar-refractivity contribution in [2.45, 2.75) is 31.3 Å². The van der Waals surface area contributed by atoms with Crippen LogP contribution < -0.4 is 16.0 Å². The molecule has 1 amide bonds. The van der Waals surface area contributed by atoms with Crippen LogP contribution in [-0.2, 0) is 4.79 Å². The van der Waals surface area contributed by atoms with Crippen LogP contribution in [0.3, 0.4) is 0 Å². The van der Waals surface area contributed by atoms with E-state index >= 15 is 0 Å². The number of hydrogen-bond donors (Lipinski definition) is 2. The maximum Gasteiger partial charge on any atom is 0.228 e. The first kappa shape index (κ1) is 10.5. The maximum atomic E-state index is 12.1. The number of nitrogens with one attached hydrogen (secondary N) is 1. The van der Waals surface area contributed by atoms with Crippen molar-refractivity contribution in [3.63, 3.8) is 0 Å². The number of pyridine rings is 1. The van der Waals surface area contributed by atoms with E-state index in [1.807, 2.05) is 11.0 Å². The first-order chi connectivity index (χ1) is 8.22. The summed E-state index contributed by atoms with van der Waals surface area (Å²) in [5, 5.41) is 3.49. The monoisotopic (exact) mass is 232 g/mol. The molecule has 0 spiro atoms. The SMILES string of the molecule is Nc1ccc(N2C[C@H]3CC[C@@H](CC2=O)N3)cn1. The molecule has 0 aromatic carbocycles. The highest BCUT2D eigenvalue weighted by Crippen LogP contribution is 2.25. The second-order valence-corrected chi connectivity index (χ2v) is 4.79. The van der Waals surface area contributed by atoms with Crippen LogP contribution in [0.4, 0.5) is 11.5 Å². The number of hydrogen-bond acceptors (Lipinski definition) is 4. The lowest BCUT2D eigenvalue weighted by Gasteiger charge is -2.24. The van der Waals surface area contributed by atoms with E-state index in [-0.39, 0.29) is 5.91 Å². The van der Waals surface area contributed by atoms with Gasteiger partial charge in [-0.15, -0.1) is 0 Å². The molecule has 2 aliphatic heterocycles. The third-order valence-corrected chi connectivity index (χ3v) is 3.54. The van der Waals surface area contributed by atoms with Gasteiger partial charge in [-0.1, -0.05) is 0 Å². The Kier molecular flexibility index (Phi) is 2.48. The van der Waals surface area contributed by atoms with E-state index in [1.165, 1.54) is 0 Å². The van der Waals surface area contributed by atoms with Crippen LogP contribution in [0, 0.1) is 0 Å². The number of aromatic nitrogens is 1. The van der Waals surface area contributed by atoms with Gasteiger partial charge >= 0.3 is 0 Å². The van der Waals surface area contributed by atoms with Crippen LogP contribution in [0.1, 0.15) is 19.3 Å². The molecule has 0 saturated carbocycles. The quantitative estimate of drug-likeness (QED) is 0.740. The number of anilines is 2. The molecule has 1 aromatic rings. The van der Waals surface area contributed by atoms with Crippen LogP contribution in [0.2, 0.25) is 0 Å². The minimum Gasteiger partial charge on any atom is -0.384 e. The fraction of sp³-hybridized carbons (Fsp3) is 0.500. The fourth-order valence-corrected chi connectivity index (χ4v) is 2.66. The Bertz CT molecular complexity index is 431. The van der Waals surface area contributed by atoms with Crippen molar-refractivity contribution >= 4 is 17.4 Å². The standard InChI is InChI=1S/C12H16N4O/c13-11-4-3-10(6-14-11)16-7-9-2-1-8(15-9)5-12(16)17/h3-4,6,8-9,15H,1-2,5,7H2,(H2,13,14)/t8-,9+/m0/s1. The van der Waals surface area contributed by atoms with E-state index in [9.17, 15) is 4.79 Å². The third kappa shape index (κ3) is 1.98. The molecule has 5 nitrogen and oxygen atoms in total. The fourth-order valence-electron chi connectivity index (χ4n) is 2.66. The summed E-state index contributed by atoms with van der Waals surface area (Å²) in [6.45, 7) is 0.737. The minimum absolute atomic E-state index is 0.177. The van der Waals surface area contributed by atoms with Crippen LogP contribution in [0.5, 0.6) is 0 Å².